The molecule has 0 aliphatic rings. The number of hydrogen-bond donors (Lipinski definition) is 2. The van der Waals surface area contributed by atoms with Gasteiger partial charge in [0.25, 0.3) is 5.91 Å². The number of amides is 1. The van der Waals surface area contributed by atoms with E-state index in [0.717, 1.165) is 6.26 Å². The van der Waals surface area contributed by atoms with Crippen molar-refractivity contribution in [3.8, 4) is 11.3 Å². The molecule has 1 aromatic heterocycles. The number of sulfone groups is 1. The maximum absolute atomic E-state index is 13.9. The standard InChI is InChI=1S/C15H18FN3O3S/c1-15(2,23(3,21)22)9-17-14(20)11-8-18-19-13(11)10-6-4-5-7-12(10)16/h4-8H,9H2,1-3H3,(H,17,20)(H,18,19). The minimum absolute atomic E-state index is 0.0629. The second-order valence-corrected chi connectivity index (χ2v) is 8.50. The van der Waals surface area contributed by atoms with Crippen molar-refractivity contribution in [3.05, 3.63) is 41.8 Å². The summed E-state index contributed by atoms with van der Waals surface area (Å²) >= 11 is 0. The number of benzene rings is 1. The summed E-state index contributed by atoms with van der Waals surface area (Å²) < 4.78 is 36.1. The quantitative estimate of drug-likeness (QED) is 0.868. The zero-order chi connectivity index (χ0) is 17.3. The molecule has 0 fully saturated rings. The third-order valence-corrected chi connectivity index (χ3v) is 5.86. The van der Waals surface area contributed by atoms with Crippen LogP contribution in [-0.4, -0.2) is 42.1 Å². The molecule has 2 rings (SSSR count). The predicted octanol–water partition coefficient (Wildman–Crippen LogP) is 1.77. The van der Waals surface area contributed by atoms with E-state index in [-0.39, 0.29) is 23.4 Å². The molecule has 0 aliphatic carbocycles. The average molecular weight is 339 g/mol. The zero-order valence-electron chi connectivity index (χ0n) is 13.1. The summed E-state index contributed by atoms with van der Waals surface area (Å²) in [5.41, 5.74) is 0.620. The van der Waals surface area contributed by atoms with E-state index in [4.69, 9.17) is 0 Å². The van der Waals surface area contributed by atoms with Gasteiger partial charge in [-0.15, -0.1) is 0 Å². The molecule has 1 aromatic carbocycles. The number of halogens is 1. The number of rotatable bonds is 5. The highest BCUT2D eigenvalue weighted by atomic mass is 32.2. The lowest BCUT2D eigenvalue weighted by atomic mass is 10.1. The Kier molecular flexibility index (Phi) is 4.56. The lowest BCUT2D eigenvalue weighted by molar-refractivity contribution is 0.0951. The molecule has 0 bridgehead atoms. The van der Waals surface area contributed by atoms with E-state index < -0.39 is 26.3 Å². The molecule has 0 spiro atoms. The summed E-state index contributed by atoms with van der Waals surface area (Å²) in [5, 5.41) is 8.95. The van der Waals surface area contributed by atoms with Crippen LogP contribution in [0.25, 0.3) is 11.3 Å². The molecule has 0 saturated carbocycles. The van der Waals surface area contributed by atoms with E-state index in [2.05, 4.69) is 15.5 Å². The van der Waals surface area contributed by atoms with Crippen LogP contribution >= 0.6 is 0 Å². The second-order valence-electron chi connectivity index (χ2n) is 5.85. The van der Waals surface area contributed by atoms with Crippen molar-refractivity contribution in [1.29, 1.82) is 0 Å². The Balaban J connectivity index is 2.23. The molecular formula is C15H18FN3O3S. The van der Waals surface area contributed by atoms with Gasteiger partial charge >= 0.3 is 0 Å². The Bertz CT molecular complexity index is 828. The maximum atomic E-state index is 13.9. The van der Waals surface area contributed by atoms with Crippen LogP contribution in [0.3, 0.4) is 0 Å². The molecule has 0 radical (unpaired) electrons. The number of nitrogens with one attached hydrogen (secondary N) is 2. The fraction of sp³-hybridized carbons (Fsp3) is 0.333. The first-order valence-electron chi connectivity index (χ1n) is 6.89. The lowest BCUT2D eigenvalue weighted by Gasteiger charge is -2.22. The summed E-state index contributed by atoms with van der Waals surface area (Å²) in [7, 11) is -3.33. The van der Waals surface area contributed by atoms with Gasteiger partial charge in [-0.25, -0.2) is 12.8 Å². The van der Waals surface area contributed by atoms with Gasteiger partial charge in [-0.1, -0.05) is 12.1 Å². The van der Waals surface area contributed by atoms with Crippen LogP contribution in [0.1, 0.15) is 24.2 Å². The van der Waals surface area contributed by atoms with E-state index >= 15 is 0 Å². The summed E-state index contributed by atoms with van der Waals surface area (Å²) in [4.78, 5) is 12.3. The first-order valence-corrected chi connectivity index (χ1v) is 8.79. The van der Waals surface area contributed by atoms with Crippen LogP contribution in [0.5, 0.6) is 0 Å². The Morgan fingerprint density at radius 1 is 1.35 bits per heavy atom. The first kappa shape index (κ1) is 17.1. The molecule has 8 heteroatoms. The minimum atomic E-state index is -3.33. The monoisotopic (exact) mass is 339 g/mol. The molecular weight excluding hydrogens is 321 g/mol. The highest BCUT2D eigenvalue weighted by Gasteiger charge is 2.31. The molecule has 0 unspecified atom stereocenters. The van der Waals surface area contributed by atoms with Crippen molar-refractivity contribution in [2.24, 2.45) is 0 Å². The third kappa shape index (κ3) is 3.58. The molecule has 0 aliphatic heterocycles. The van der Waals surface area contributed by atoms with Crippen LogP contribution in [0.15, 0.2) is 30.5 Å². The third-order valence-electron chi connectivity index (χ3n) is 3.71. The number of carbonyl (C=O) groups is 1. The summed E-state index contributed by atoms with van der Waals surface area (Å²) in [5.74, 6) is -1.00. The molecule has 2 N–H and O–H groups in total. The van der Waals surface area contributed by atoms with Gasteiger partial charge in [0, 0.05) is 18.4 Å². The second kappa shape index (κ2) is 6.11. The van der Waals surface area contributed by atoms with Gasteiger partial charge in [0.15, 0.2) is 9.84 Å². The van der Waals surface area contributed by atoms with E-state index in [1.165, 1.54) is 32.2 Å². The molecule has 0 saturated heterocycles. The highest BCUT2D eigenvalue weighted by Crippen LogP contribution is 2.24. The van der Waals surface area contributed by atoms with Gasteiger partial charge in [-0.05, 0) is 26.0 Å². The van der Waals surface area contributed by atoms with Crippen molar-refractivity contribution in [2.75, 3.05) is 12.8 Å². The van der Waals surface area contributed by atoms with Crippen molar-refractivity contribution in [3.63, 3.8) is 0 Å². The Labute approximate surface area is 134 Å². The number of hydrogen-bond acceptors (Lipinski definition) is 4. The normalized spacial score (nSPS) is 12.2. The topological polar surface area (TPSA) is 91.9 Å². The van der Waals surface area contributed by atoms with Gasteiger partial charge in [-0.3, -0.25) is 9.89 Å². The van der Waals surface area contributed by atoms with Crippen LogP contribution < -0.4 is 5.32 Å². The Morgan fingerprint density at radius 3 is 2.61 bits per heavy atom. The van der Waals surface area contributed by atoms with Gasteiger partial charge in [0.05, 0.1) is 22.2 Å². The Morgan fingerprint density at radius 2 is 2.00 bits per heavy atom. The summed E-state index contributed by atoms with van der Waals surface area (Å²) in [6.45, 7) is 2.98. The smallest absolute Gasteiger partial charge is 0.255 e. The number of aromatic nitrogens is 2. The van der Waals surface area contributed by atoms with Crippen LogP contribution in [0, 0.1) is 5.82 Å². The van der Waals surface area contributed by atoms with Crippen molar-refractivity contribution < 1.29 is 17.6 Å². The molecule has 2 aromatic rings. The molecule has 0 atom stereocenters. The molecule has 1 amide bonds. The van der Waals surface area contributed by atoms with Gasteiger partial charge in [-0.2, -0.15) is 5.10 Å². The Hall–Kier alpha value is -2.22. The lowest BCUT2D eigenvalue weighted by Crippen LogP contribution is -2.43. The summed E-state index contributed by atoms with van der Waals surface area (Å²) in [6.07, 6.45) is 2.40. The molecule has 124 valence electrons. The molecule has 6 nitrogen and oxygen atoms in total. The number of carbonyl (C=O) groups excluding carboxylic acids is 1. The average Bonchev–Trinajstić information content (AvgIpc) is 2.93. The SMILES string of the molecule is CC(C)(CNC(=O)c1cn[nH]c1-c1ccccc1F)S(C)(=O)=O. The van der Waals surface area contributed by atoms with Crippen molar-refractivity contribution in [1.82, 2.24) is 15.5 Å². The van der Waals surface area contributed by atoms with Crippen LogP contribution in [0.4, 0.5) is 4.39 Å². The predicted molar refractivity (Wildman–Crippen MR) is 85.2 cm³/mol. The fourth-order valence-corrected chi connectivity index (χ4v) is 2.18. The van der Waals surface area contributed by atoms with Crippen molar-refractivity contribution in [2.45, 2.75) is 18.6 Å². The summed E-state index contributed by atoms with van der Waals surface area (Å²) in [6, 6.07) is 6.00. The van der Waals surface area contributed by atoms with Gasteiger partial charge in [0.2, 0.25) is 0 Å². The highest BCUT2D eigenvalue weighted by molar-refractivity contribution is 7.92. The molecule has 23 heavy (non-hydrogen) atoms. The number of aromatic amines is 1. The van der Waals surface area contributed by atoms with Crippen LogP contribution in [-0.2, 0) is 9.84 Å². The molecule has 1 heterocycles. The van der Waals surface area contributed by atoms with E-state index in [1.54, 1.807) is 12.1 Å². The number of nitrogens with zero attached hydrogens (tertiary/aromatic N) is 1. The van der Waals surface area contributed by atoms with Crippen LogP contribution in [0.2, 0.25) is 0 Å². The van der Waals surface area contributed by atoms with Gasteiger partial charge < -0.3 is 5.32 Å². The van der Waals surface area contributed by atoms with E-state index in [1.807, 2.05) is 0 Å². The van der Waals surface area contributed by atoms with Crippen molar-refractivity contribution >= 4 is 15.7 Å². The maximum Gasteiger partial charge on any atom is 0.255 e. The number of H-pyrrole nitrogens is 1. The minimum Gasteiger partial charge on any atom is -0.350 e. The zero-order valence-corrected chi connectivity index (χ0v) is 13.9. The largest absolute Gasteiger partial charge is 0.350 e. The van der Waals surface area contributed by atoms with Gasteiger partial charge in [0.1, 0.15) is 5.82 Å². The van der Waals surface area contributed by atoms with E-state index in [0.29, 0.717) is 0 Å². The first-order chi connectivity index (χ1) is 10.6. The fourth-order valence-electron chi connectivity index (χ4n) is 1.85. The van der Waals surface area contributed by atoms with E-state index in [9.17, 15) is 17.6 Å².